The molecule has 0 radical (unpaired) electrons. The third-order valence-corrected chi connectivity index (χ3v) is 6.74. The maximum absolute atomic E-state index is 13.4. The van der Waals surface area contributed by atoms with Crippen LogP contribution in [0, 0.1) is 23.7 Å². The molecule has 0 unspecified atom stereocenters. The van der Waals surface area contributed by atoms with E-state index in [1.165, 1.54) is 17.4 Å². The molecule has 2 saturated heterocycles. The number of ether oxygens (including phenoxy) is 1. The zero-order chi connectivity index (χ0) is 23.2. The molecule has 33 heavy (non-hydrogen) atoms. The number of anilines is 1. The molecule has 2 amide bonds. The van der Waals surface area contributed by atoms with Gasteiger partial charge in [-0.1, -0.05) is 23.5 Å². The average Bonchev–Trinajstić information content (AvgIpc) is 3.15. The van der Waals surface area contributed by atoms with Crippen molar-refractivity contribution in [3.05, 3.63) is 53.3 Å². The van der Waals surface area contributed by atoms with E-state index in [1.54, 1.807) is 42.2 Å². The van der Waals surface area contributed by atoms with Crippen molar-refractivity contribution in [3.63, 3.8) is 0 Å². The summed E-state index contributed by atoms with van der Waals surface area (Å²) in [6, 6.07) is 11.8. The second-order valence-electron chi connectivity index (χ2n) is 8.39. The van der Waals surface area contributed by atoms with E-state index in [0.29, 0.717) is 64.4 Å². The van der Waals surface area contributed by atoms with Crippen LogP contribution in [0.1, 0.15) is 23.4 Å². The molecular formula is C23H19F2N5O2S. The van der Waals surface area contributed by atoms with Crippen LogP contribution in [0.15, 0.2) is 36.4 Å². The molecule has 2 aliphatic heterocycles. The van der Waals surface area contributed by atoms with Gasteiger partial charge in [0.05, 0.1) is 40.8 Å². The van der Waals surface area contributed by atoms with Crippen LogP contribution in [0.2, 0.25) is 0 Å². The third-order valence-electron chi connectivity index (χ3n) is 5.72. The average molecular weight is 468 g/mol. The fourth-order valence-corrected chi connectivity index (χ4v) is 5.05. The second-order valence-corrected chi connectivity index (χ2v) is 9.39. The number of nitriles is 1. The van der Waals surface area contributed by atoms with Gasteiger partial charge in [-0.15, -0.1) is 0 Å². The first-order valence-electron chi connectivity index (χ1n) is 10.3. The number of pyridine rings is 1. The molecule has 1 spiro atoms. The Morgan fingerprint density at radius 1 is 1.24 bits per heavy atom. The van der Waals surface area contributed by atoms with Crippen molar-refractivity contribution in [3.8, 4) is 27.8 Å². The molecule has 4 heterocycles. The zero-order valence-electron chi connectivity index (χ0n) is 17.6. The van der Waals surface area contributed by atoms with Crippen LogP contribution in [0.5, 0.6) is 0 Å². The zero-order valence-corrected chi connectivity index (χ0v) is 18.5. The third kappa shape index (κ3) is 4.05. The lowest BCUT2D eigenvalue weighted by molar-refractivity contribution is -0.174. The van der Waals surface area contributed by atoms with E-state index >= 15 is 0 Å². The minimum absolute atomic E-state index is 0.0918. The number of alkyl halides is 2. The summed E-state index contributed by atoms with van der Waals surface area (Å²) < 4.78 is 32.0. The van der Waals surface area contributed by atoms with Crippen LogP contribution in [-0.4, -0.2) is 47.2 Å². The lowest BCUT2D eigenvalue weighted by Gasteiger charge is -2.54. The number of nitrogens with one attached hydrogen (secondary N) is 1. The second kappa shape index (κ2) is 8.17. The molecule has 5 rings (SSSR count). The Kier molecular flexibility index (Phi) is 5.31. The Balaban J connectivity index is 1.51. The SMILES string of the molecule is Cc1cc(-c2sc(NC(=O)N3CC4(COC4)C3)nc2-c2cccc(C#N)c2)cc(C(F)F)n1. The maximum Gasteiger partial charge on any atom is 0.323 e. The molecule has 2 fully saturated rings. The van der Waals surface area contributed by atoms with Gasteiger partial charge in [-0.05, 0) is 36.8 Å². The van der Waals surface area contributed by atoms with E-state index in [-0.39, 0.29) is 17.1 Å². The molecule has 7 nitrogen and oxygen atoms in total. The lowest BCUT2D eigenvalue weighted by atomic mass is 9.78. The van der Waals surface area contributed by atoms with Gasteiger partial charge in [-0.25, -0.2) is 18.6 Å². The monoisotopic (exact) mass is 467 g/mol. The number of carbonyl (C=O) groups excluding carboxylic acids is 1. The Bertz CT molecular complexity index is 1270. The van der Waals surface area contributed by atoms with Crippen molar-refractivity contribution in [1.82, 2.24) is 14.9 Å². The van der Waals surface area contributed by atoms with Gasteiger partial charge in [-0.3, -0.25) is 10.3 Å². The lowest BCUT2D eigenvalue weighted by Crippen LogP contribution is -2.67. The van der Waals surface area contributed by atoms with Gasteiger partial charge in [0.15, 0.2) is 5.13 Å². The minimum Gasteiger partial charge on any atom is -0.380 e. The van der Waals surface area contributed by atoms with Crippen molar-refractivity contribution in [1.29, 1.82) is 5.26 Å². The topological polar surface area (TPSA) is 91.1 Å². The first-order valence-corrected chi connectivity index (χ1v) is 11.1. The predicted molar refractivity (Wildman–Crippen MR) is 119 cm³/mol. The summed E-state index contributed by atoms with van der Waals surface area (Å²) in [5.41, 5.74) is 2.36. The fourth-order valence-electron chi connectivity index (χ4n) is 4.09. The number of rotatable bonds is 4. The van der Waals surface area contributed by atoms with Crippen LogP contribution in [0.25, 0.3) is 21.7 Å². The van der Waals surface area contributed by atoms with E-state index < -0.39 is 6.43 Å². The van der Waals surface area contributed by atoms with Gasteiger partial charge in [0.2, 0.25) is 0 Å². The summed E-state index contributed by atoms with van der Waals surface area (Å²) in [4.78, 5) is 23.5. The Hall–Kier alpha value is -3.42. The van der Waals surface area contributed by atoms with Gasteiger partial charge in [0.1, 0.15) is 5.69 Å². The van der Waals surface area contributed by atoms with E-state index in [4.69, 9.17) is 4.74 Å². The predicted octanol–water partition coefficient (Wildman–Crippen LogP) is 4.85. The number of amides is 2. The normalized spacial score (nSPS) is 16.3. The van der Waals surface area contributed by atoms with Crippen molar-refractivity contribution in [2.45, 2.75) is 13.3 Å². The molecule has 10 heteroatoms. The maximum atomic E-state index is 13.4. The summed E-state index contributed by atoms with van der Waals surface area (Å²) in [5.74, 6) is 0. The molecular weight excluding hydrogens is 448 g/mol. The van der Waals surface area contributed by atoms with Crippen LogP contribution in [-0.2, 0) is 4.74 Å². The molecule has 0 saturated carbocycles. The minimum atomic E-state index is -2.71. The largest absolute Gasteiger partial charge is 0.380 e. The quantitative estimate of drug-likeness (QED) is 0.592. The number of aryl methyl sites for hydroxylation is 1. The van der Waals surface area contributed by atoms with Gasteiger partial charge in [0, 0.05) is 24.3 Å². The van der Waals surface area contributed by atoms with Crippen LogP contribution < -0.4 is 5.32 Å². The summed E-state index contributed by atoms with van der Waals surface area (Å²) in [5, 5.41) is 12.5. The number of hydrogen-bond donors (Lipinski definition) is 1. The molecule has 0 atom stereocenters. The summed E-state index contributed by atoms with van der Waals surface area (Å²) >= 11 is 1.20. The van der Waals surface area contributed by atoms with Crippen LogP contribution in [0.4, 0.5) is 18.7 Å². The Labute approximate surface area is 192 Å². The fraction of sp³-hybridized carbons (Fsp3) is 0.304. The standard InChI is InChI=1S/C23H19F2N5O2S/c1-13-5-16(7-17(27-13)20(24)25)19-18(15-4-2-3-14(6-15)8-26)28-21(33-19)29-22(31)30-9-23(10-30)11-32-12-23/h2-7,20H,9-12H2,1H3,(H,28,29,31). The molecule has 0 aliphatic carbocycles. The summed E-state index contributed by atoms with van der Waals surface area (Å²) in [7, 11) is 0. The summed E-state index contributed by atoms with van der Waals surface area (Å²) in [6.07, 6.45) is -2.71. The number of nitrogens with zero attached hydrogens (tertiary/aromatic N) is 4. The number of urea groups is 1. The Morgan fingerprint density at radius 3 is 2.70 bits per heavy atom. The highest BCUT2D eigenvalue weighted by Gasteiger charge is 2.50. The highest BCUT2D eigenvalue weighted by Crippen LogP contribution is 2.41. The number of likely N-dealkylation sites (tertiary alicyclic amines) is 1. The smallest absolute Gasteiger partial charge is 0.323 e. The highest BCUT2D eigenvalue weighted by atomic mass is 32.1. The van der Waals surface area contributed by atoms with Gasteiger partial charge in [-0.2, -0.15) is 5.26 Å². The van der Waals surface area contributed by atoms with E-state index in [9.17, 15) is 18.8 Å². The molecule has 3 aromatic rings. The number of carbonyl (C=O) groups is 1. The number of halogens is 2. The van der Waals surface area contributed by atoms with Gasteiger partial charge in [0.25, 0.3) is 6.43 Å². The molecule has 2 aliphatic rings. The number of thiazole rings is 1. The van der Waals surface area contributed by atoms with E-state index in [2.05, 4.69) is 21.4 Å². The first-order chi connectivity index (χ1) is 15.9. The van der Waals surface area contributed by atoms with Crippen molar-refractivity contribution >= 4 is 22.5 Å². The van der Waals surface area contributed by atoms with Gasteiger partial charge >= 0.3 is 6.03 Å². The van der Waals surface area contributed by atoms with Crippen molar-refractivity contribution < 1.29 is 18.3 Å². The Morgan fingerprint density at radius 2 is 2.03 bits per heavy atom. The van der Waals surface area contributed by atoms with Crippen LogP contribution >= 0.6 is 11.3 Å². The highest BCUT2D eigenvalue weighted by molar-refractivity contribution is 7.19. The van der Waals surface area contributed by atoms with Crippen molar-refractivity contribution in [2.75, 3.05) is 31.6 Å². The molecule has 2 aromatic heterocycles. The number of benzene rings is 1. The van der Waals surface area contributed by atoms with E-state index in [1.807, 2.05) is 0 Å². The molecule has 168 valence electrons. The molecule has 1 N–H and O–H groups in total. The van der Waals surface area contributed by atoms with Gasteiger partial charge < -0.3 is 9.64 Å². The van der Waals surface area contributed by atoms with Crippen LogP contribution in [0.3, 0.4) is 0 Å². The van der Waals surface area contributed by atoms with Crippen molar-refractivity contribution in [2.24, 2.45) is 5.41 Å². The molecule has 0 bridgehead atoms. The number of hydrogen-bond acceptors (Lipinski definition) is 6. The number of aromatic nitrogens is 2. The van der Waals surface area contributed by atoms with E-state index in [0.717, 1.165) is 0 Å². The summed E-state index contributed by atoms with van der Waals surface area (Å²) in [6.45, 7) is 4.26. The first kappa shape index (κ1) is 21.4. The molecule has 1 aromatic carbocycles.